The van der Waals surface area contributed by atoms with Crippen molar-refractivity contribution in [3.8, 4) is 0 Å². The first-order chi connectivity index (χ1) is 12.7. The van der Waals surface area contributed by atoms with Gasteiger partial charge in [-0.3, -0.25) is 0 Å². The van der Waals surface area contributed by atoms with Gasteiger partial charge in [0.05, 0.1) is 5.52 Å². The minimum absolute atomic E-state index is 0.506. The van der Waals surface area contributed by atoms with Crippen molar-refractivity contribution in [3.63, 3.8) is 0 Å². The molecule has 0 saturated carbocycles. The molecule has 0 aliphatic heterocycles. The van der Waals surface area contributed by atoms with E-state index >= 15 is 0 Å². The Bertz CT molecular complexity index is 838. The van der Waals surface area contributed by atoms with E-state index in [1.807, 2.05) is 6.07 Å². The maximum atomic E-state index is 6.24. The number of fused-ring (bicyclic) bond motifs is 1. The summed E-state index contributed by atoms with van der Waals surface area (Å²) in [5, 5.41) is 3.39. The Labute approximate surface area is 155 Å². The third-order valence-corrected chi connectivity index (χ3v) is 4.62. The molecular formula is C21H29N5. The molecule has 0 atom stereocenters. The molecule has 2 aromatic heterocycles. The first kappa shape index (κ1) is 18.2. The number of hydrogen-bond acceptors (Lipinski definition) is 4. The van der Waals surface area contributed by atoms with Crippen LogP contribution in [0, 0.1) is 0 Å². The molecule has 0 bridgehead atoms. The molecule has 138 valence electrons. The van der Waals surface area contributed by atoms with Gasteiger partial charge in [0.2, 0.25) is 0 Å². The van der Waals surface area contributed by atoms with Crippen LogP contribution in [-0.2, 0) is 13.0 Å². The molecule has 0 saturated heterocycles. The van der Waals surface area contributed by atoms with E-state index in [1.54, 1.807) is 0 Å². The maximum absolute atomic E-state index is 6.24. The summed E-state index contributed by atoms with van der Waals surface area (Å²) in [4.78, 5) is 9.34. The van der Waals surface area contributed by atoms with Gasteiger partial charge in [0.15, 0.2) is 5.82 Å². The lowest BCUT2D eigenvalue weighted by Gasteiger charge is -2.11. The second kappa shape index (κ2) is 8.70. The zero-order chi connectivity index (χ0) is 18.4. The Morgan fingerprint density at radius 1 is 1.04 bits per heavy atom. The van der Waals surface area contributed by atoms with Crippen LogP contribution in [0.2, 0.25) is 0 Å². The van der Waals surface area contributed by atoms with Gasteiger partial charge in [0.1, 0.15) is 17.2 Å². The van der Waals surface area contributed by atoms with Crippen LogP contribution in [0.3, 0.4) is 0 Å². The molecule has 0 fully saturated rings. The zero-order valence-electron chi connectivity index (χ0n) is 15.8. The SMILES string of the molecule is CCCCNc1cc2c(nc(CCCC)n2Cc2ccccc2)c(N)n1. The summed E-state index contributed by atoms with van der Waals surface area (Å²) in [6, 6.07) is 12.6. The van der Waals surface area contributed by atoms with Crippen molar-refractivity contribution in [2.75, 3.05) is 17.6 Å². The van der Waals surface area contributed by atoms with E-state index in [4.69, 9.17) is 10.7 Å². The van der Waals surface area contributed by atoms with Gasteiger partial charge in [-0.25, -0.2) is 9.97 Å². The van der Waals surface area contributed by atoms with E-state index in [2.05, 4.69) is 59.0 Å². The molecule has 5 heteroatoms. The molecule has 0 amide bonds. The summed E-state index contributed by atoms with van der Waals surface area (Å²) in [5.41, 5.74) is 9.38. The minimum Gasteiger partial charge on any atom is -0.382 e. The minimum atomic E-state index is 0.506. The van der Waals surface area contributed by atoms with Crippen LogP contribution in [0.25, 0.3) is 11.0 Å². The number of nitrogens with two attached hydrogens (primary N) is 1. The molecule has 26 heavy (non-hydrogen) atoms. The van der Waals surface area contributed by atoms with Gasteiger partial charge in [-0.1, -0.05) is 57.0 Å². The first-order valence-electron chi connectivity index (χ1n) is 9.66. The Morgan fingerprint density at radius 2 is 1.81 bits per heavy atom. The highest BCUT2D eigenvalue weighted by atomic mass is 15.1. The zero-order valence-corrected chi connectivity index (χ0v) is 15.8. The quantitative estimate of drug-likeness (QED) is 0.552. The van der Waals surface area contributed by atoms with Gasteiger partial charge < -0.3 is 15.6 Å². The summed E-state index contributed by atoms with van der Waals surface area (Å²) >= 11 is 0. The molecule has 3 N–H and O–H groups in total. The molecule has 0 aliphatic carbocycles. The Kier molecular flexibility index (Phi) is 6.10. The fourth-order valence-corrected chi connectivity index (χ4v) is 3.14. The molecule has 0 aliphatic rings. The normalized spacial score (nSPS) is 11.2. The monoisotopic (exact) mass is 351 g/mol. The summed E-state index contributed by atoms with van der Waals surface area (Å²) in [7, 11) is 0. The molecule has 0 spiro atoms. The molecule has 2 heterocycles. The molecule has 5 nitrogen and oxygen atoms in total. The number of rotatable bonds is 9. The van der Waals surface area contributed by atoms with Gasteiger partial charge in [0, 0.05) is 25.6 Å². The van der Waals surface area contributed by atoms with Crippen molar-refractivity contribution in [2.24, 2.45) is 0 Å². The molecule has 3 aromatic rings. The number of nitrogen functional groups attached to an aromatic ring is 1. The highest BCUT2D eigenvalue weighted by Crippen LogP contribution is 2.26. The number of unbranched alkanes of at least 4 members (excludes halogenated alkanes) is 2. The van der Waals surface area contributed by atoms with Gasteiger partial charge >= 0.3 is 0 Å². The number of imidazole rings is 1. The Hall–Kier alpha value is -2.56. The molecule has 1 aromatic carbocycles. The van der Waals surface area contributed by atoms with Crippen molar-refractivity contribution in [1.29, 1.82) is 0 Å². The second-order valence-corrected chi connectivity index (χ2v) is 6.74. The van der Waals surface area contributed by atoms with Crippen LogP contribution < -0.4 is 11.1 Å². The summed E-state index contributed by atoms with van der Waals surface area (Å²) in [5.74, 6) is 2.43. The van der Waals surface area contributed by atoms with Crippen LogP contribution >= 0.6 is 0 Å². The number of nitrogens with one attached hydrogen (secondary N) is 1. The molecular weight excluding hydrogens is 322 g/mol. The predicted molar refractivity (Wildman–Crippen MR) is 109 cm³/mol. The first-order valence-corrected chi connectivity index (χ1v) is 9.66. The summed E-state index contributed by atoms with van der Waals surface area (Å²) in [6.07, 6.45) is 5.48. The number of anilines is 2. The number of hydrogen-bond donors (Lipinski definition) is 2. The predicted octanol–water partition coefficient (Wildman–Crippen LogP) is 4.62. The molecule has 0 unspecified atom stereocenters. The number of aryl methyl sites for hydroxylation is 1. The topological polar surface area (TPSA) is 68.8 Å². The van der Waals surface area contributed by atoms with Crippen LogP contribution in [-0.4, -0.2) is 21.1 Å². The smallest absolute Gasteiger partial charge is 0.154 e. The number of pyridine rings is 1. The van der Waals surface area contributed by atoms with E-state index < -0.39 is 0 Å². The van der Waals surface area contributed by atoms with Crippen molar-refractivity contribution in [2.45, 2.75) is 52.5 Å². The molecule has 0 radical (unpaired) electrons. The summed E-state index contributed by atoms with van der Waals surface area (Å²) < 4.78 is 2.30. The van der Waals surface area contributed by atoms with Crippen LogP contribution in [0.1, 0.15) is 50.9 Å². The fourth-order valence-electron chi connectivity index (χ4n) is 3.14. The van der Waals surface area contributed by atoms with Crippen molar-refractivity contribution >= 4 is 22.7 Å². The standard InChI is InChI=1S/C21H29N5/c1-3-5-12-19-25-20-17(26(19)15-16-10-8-7-9-11-16)14-18(24-21(20)22)23-13-6-4-2/h7-11,14H,3-6,12-13,15H2,1-2H3,(H3,22,23,24). The van der Waals surface area contributed by atoms with E-state index in [1.165, 1.54) is 5.56 Å². The third-order valence-electron chi connectivity index (χ3n) is 4.62. The summed E-state index contributed by atoms with van der Waals surface area (Å²) in [6.45, 7) is 6.09. The van der Waals surface area contributed by atoms with E-state index in [0.717, 1.165) is 67.9 Å². The van der Waals surface area contributed by atoms with Crippen molar-refractivity contribution in [1.82, 2.24) is 14.5 Å². The average Bonchev–Trinajstić information content (AvgIpc) is 2.99. The Balaban J connectivity index is 2.01. The van der Waals surface area contributed by atoms with Gasteiger partial charge in [-0.2, -0.15) is 0 Å². The van der Waals surface area contributed by atoms with Gasteiger partial charge in [0.25, 0.3) is 0 Å². The highest BCUT2D eigenvalue weighted by molar-refractivity contribution is 5.88. The fraction of sp³-hybridized carbons (Fsp3) is 0.429. The third kappa shape index (κ3) is 4.15. The largest absolute Gasteiger partial charge is 0.382 e. The number of benzene rings is 1. The lowest BCUT2D eigenvalue weighted by Crippen LogP contribution is -2.07. The highest BCUT2D eigenvalue weighted by Gasteiger charge is 2.15. The van der Waals surface area contributed by atoms with E-state index in [0.29, 0.717) is 5.82 Å². The lowest BCUT2D eigenvalue weighted by molar-refractivity contribution is 0.690. The average molecular weight is 351 g/mol. The van der Waals surface area contributed by atoms with E-state index in [9.17, 15) is 0 Å². The second-order valence-electron chi connectivity index (χ2n) is 6.74. The number of aromatic nitrogens is 3. The lowest BCUT2D eigenvalue weighted by atomic mass is 10.2. The van der Waals surface area contributed by atoms with Crippen LogP contribution in [0.15, 0.2) is 36.4 Å². The van der Waals surface area contributed by atoms with E-state index in [-0.39, 0.29) is 0 Å². The van der Waals surface area contributed by atoms with Crippen LogP contribution in [0.5, 0.6) is 0 Å². The maximum Gasteiger partial charge on any atom is 0.154 e. The van der Waals surface area contributed by atoms with Crippen molar-refractivity contribution < 1.29 is 0 Å². The molecule has 3 rings (SSSR count). The van der Waals surface area contributed by atoms with Crippen LogP contribution in [0.4, 0.5) is 11.6 Å². The van der Waals surface area contributed by atoms with Gasteiger partial charge in [-0.05, 0) is 18.4 Å². The number of nitrogens with zero attached hydrogens (tertiary/aromatic N) is 3. The Morgan fingerprint density at radius 3 is 2.54 bits per heavy atom. The van der Waals surface area contributed by atoms with Crippen molar-refractivity contribution in [3.05, 3.63) is 47.8 Å². The van der Waals surface area contributed by atoms with Gasteiger partial charge in [-0.15, -0.1) is 0 Å².